The standard InChI is InChI=1S/C15H18N4O/c20-15-10-14(16-13-5-1-2-7-19(13)15)18-9-8-17-6-3-4-12(17)11-18/h1-2,5,7,10,12H,3-4,6,8-9,11H2/t12-/m0/s1. The van der Waals surface area contributed by atoms with Gasteiger partial charge in [-0.2, -0.15) is 0 Å². The molecule has 4 heterocycles. The van der Waals surface area contributed by atoms with Gasteiger partial charge < -0.3 is 4.90 Å². The Kier molecular flexibility index (Phi) is 2.73. The third-order valence-corrected chi connectivity index (χ3v) is 4.47. The maximum absolute atomic E-state index is 12.2. The summed E-state index contributed by atoms with van der Waals surface area (Å²) < 4.78 is 1.59. The smallest absolute Gasteiger partial charge is 0.259 e. The van der Waals surface area contributed by atoms with Gasteiger partial charge in [-0.25, -0.2) is 4.98 Å². The molecule has 5 nitrogen and oxygen atoms in total. The first-order valence-corrected chi connectivity index (χ1v) is 7.29. The zero-order valence-corrected chi connectivity index (χ0v) is 11.4. The average molecular weight is 270 g/mol. The summed E-state index contributed by atoms with van der Waals surface area (Å²) in [6, 6.07) is 7.96. The molecule has 104 valence electrons. The second kappa shape index (κ2) is 4.59. The average Bonchev–Trinajstić information content (AvgIpc) is 2.94. The fourth-order valence-corrected chi connectivity index (χ4v) is 3.40. The van der Waals surface area contributed by atoms with Gasteiger partial charge in [0.1, 0.15) is 11.5 Å². The highest BCUT2D eigenvalue weighted by molar-refractivity contribution is 5.48. The Morgan fingerprint density at radius 1 is 1.20 bits per heavy atom. The van der Waals surface area contributed by atoms with Crippen molar-refractivity contribution in [2.24, 2.45) is 0 Å². The van der Waals surface area contributed by atoms with E-state index in [1.165, 1.54) is 19.4 Å². The summed E-state index contributed by atoms with van der Waals surface area (Å²) >= 11 is 0. The van der Waals surface area contributed by atoms with E-state index in [9.17, 15) is 4.79 Å². The molecule has 0 radical (unpaired) electrons. The summed E-state index contributed by atoms with van der Waals surface area (Å²) in [5, 5.41) is 0. The Hall–Kier alpha value is -1.88. The van der Waals surface area contributed by atoms with Crippen LogP contribution in [0.5, 0.6) is 0 Å². The van der Waals surface area contributed by atoms with Gasteiger partial charge in [0, 0.05) is 37.9 Å². The molecule has 0 aliphatic carbocycles. The topological polar surface area (TPSA) is 40.9 Å². The van der Waals surface area contributed by atoms with E-state index in [1.54, 1.807) is 16.7 Å². The van der Waals surface area contributed by atoms with Crippen LogP contribution in [0.1, 0.15) is 12.8 Å². The lowest BCUT2D eigenvalue weighted by molar-refractivity contribution is 0.230. The lowest BCUT2D eigenvalue weighted by atomic mass is 10.1. The number of piperazine rings is 1. The predicted octanol–water partition coefficient (Wildman–Crippen LogP) is 0.979. The summed E-state index contributed by atoms with van der Waals surface area (Å²) in [6.45, 7) is 4.27. The Balaban J connectivity index is 1.70. The highest BCUT2D eigenvalue weighted by atomic mass is 16.1. The summed E-state index contributed by atoms with van der Waals surface area (Å²) in [6.07, 6.45) is 4.33. The van der Waals surface area contributed by atoms with Gasteiger partial charge in [0.05, 0.1) is 0 Å². The minimum atomic E-state index is -0.000508. The molecule has 0 bridgehead atoms. The molecule has 0 amide bonds. The van der Waals surface area contributed by atoms with Crippen molar-refractivity contribution >= 4 is 11.5 Å². The zero-order valence-electron chi connectivity index (χ0n) is 11.4. The van der Waals surface area contributed by atoms with Crippen LogP contribution < -0.4 is 10.5 Å². The Morgan fingerprint density at radius 2 is 2.15 bits per heavy atom. The SMILES string of the molecule is O=c1cc(N2CCN3CCC[C@H]3C2)nc2ccccn12. The normalized spacial score (nSPS) is 23.2. The number of anilines is 1. The first kappa shape index (κ1) is 11.9. The van der Waals surface area contributed by atoms with E-state index in [4.69, 9.17) is 0 Å². The molecule has 2 aliphatic rings. The van der Waals surface area contributed by atoms with Crippen LogP contribution in [0.3, 0.4) is 0 Å². The van der Waals surface area contributed by atoms with Gasteiger partial charge in [-0.05, 0) is 31.5 Å². The second-order valence-electron chi connectivity index (χ2n) is 5.66. The molecule has 4 rings (SSSR count). The van der Waals surface area contributed by atoms with Crippen LogP contribution in [0.25, 0.3) is 5.65 Å². The van der Waals surface area contributed by atoms with Gasteiger partial charge in [-0.3, -0.25) is 14.1 Å². The van der Waals surface area contributed by atoms with Crippen molar-refractivity contribution in [3.63, 3.8) is 0 Å². The third-order valence-electron chi connectivity index (χ3n) is 4.47. The number of hydrogen-bond acceptors (Lipinski definition) is 4. The van der Waals surface area contributed by atoms with Gasteiger partial charge in [-0.1, -0.05) is 6.07 Å². The van der Waals surface area contributed by atoms with Crippen LogP contribution >= 0.6 is 0 Å². The monoisotopic (exact) mass is 270 g/mol. The van der Waals surface area contributed by atoms with Crippen LogP contribution in [0, 0.1) is 0 Å². The summed E-state index contributed by atoms with van der Waals surface area (Å²) in [4.78, 5) is 21.6. The molecule has 20 heavy (non-hydrogen) atoms. The molecule has 2 aromatic rings. The molecule has 0 aromatic carbocycles. The minimum Gasteiger partial charge on any atom is -0.354 e. The molecule has 0 unspecified atom stereocenters. The lowest BCUT2D eigenvalue weighted by Gasteiger charge is -2.38. The van der Waals surface area contributed by atoms with Crippen molar-refractivity contribution in [3.8, 4) is 0 Å². The van der Waals surface area contributed by atoms with E-state index in [-0.39, 0.29) is 5.56 Å². The van der Waals surface area contributed by atoms with E-state index in [1.807, 2.05) is 18.2 Å². The Bertz CT molecular complexity index is 696. The van der Waals surface area contributed by atoms with Crippen molar-refractivity contribution in [2.75, 3.05) is 31.1 Å². The molecule has 0 spiro atoms. The molecule has 2 saturated heterocycles. The quantitative estimate of drug-likeness (QED) is 0.774. The Labute approximate surface area is 117 Å². The largest absolute Gasteiger partial charge is 0.354 e. The number of nitrogens with zero attached hydrogens (tertiary/aromatic N) is 4. The first-order chi connectivity index (χ1) is 9.81. The molecule has 2 aliphatic heterocycles. The summed E-state index contributed by atoms with van der Waals surface area (Å²) in [7, 11) is 0. The van der Waals surface area contributed by atoms with Crippen LogP contribution in [0.2, 0.25) is 0 Å². The van der Waals surface area contributed by atoms with Gasteiger partial charge in [0.25, 0.3) is 5.56 Å². The van der Waals surface area contributed by atoms with Crippen molar-refractivity contribution in [3.05, 3.63) is 40.8 Å². The first-order valence-electron chi connectivity index (χ1n) is 7.29. The van der Waals surface area contributed by atoms with E-state index in [0.717, 1.165) is 31.1 Å². The number of hydrogen-bond donors (Lipinski definition) is 0. The summed E-state index contributed by atoms with van der Waals surface area (Å²) in [5.74, 6) is 0.827. The summed E-state index contributed by atoms with van der Waals surface area (Å²) in [5.41, 5.74) is 0.725. The fourth-order valence-electron chi connectivity index (χ4n) is 3.40. The lowest BCUT2D eigenvalue weighted by Crippen LogP contribution is -2.50. The van der Waals surface area contributed by atoms with Gasteiger partial charge in [-0.15, -0.1) is 0 Å². The van der Waals surface area contributed by atoms with Crippen LogP contribution in [0.15, 0.2) is 35.3 Å². The minimum absolute atomic E-state index is 0.000508. The van der Waals surface area contributed by atoms with Crippen LogP contribution in [-0.2, 0) is 0 Å². The van der Waals surface area contributed by atoms with E-state index < -0.39 is 0 Å². The maximum Gasteiger partial charge on any atom is 0.259 e. The molecule has 2 fully saturated rings. The zero-order chi connectivity index (χ0) is 13.5. The van der Waals surface area contributed by atoms with E-state index >= 15 is 0 Å². The predicted molar refractivity (Wildman–Crippen MR) is 78.3 cm³/mol. The molecule has 0 N–H and O–H groups in total. The highest BCUT2D eigenvalue weighted by Gasteiger charge is 2.31. The van der Waals surface area contributed by atoms with Crippen molar-refractivity contribution in [1.29, 1.82) is 0 Å². The van der Waals surface area contributed by atoms with Gasteiger partial charge >= 0.3 is 0 Å². The van der Waals surface area contributed by atoms with Crippen molar-refractivity contribution in [1.82, 2.24) is 14.3 Å². The molecular formula is C15H18N4O. The fraction of sp³-hybridized carbons (Fsp3) is 0.467. The number of fused-ring (bicyclic) bond motifs is 2. The number of aromatic nitrogens is 2. The van der Waals surface area contributed by atoms with Crippen molar-refractivity contribution in [2.45, 2.75) is 18.9 Å². The molecule has 0 saturated carbocycles. The highest BCUT2D eigenvalue weighted by Crippen LogP contribution is 2.24. The van der Waals surface area contributed by atoms with E-state index in [2.05, 4.69) is 14.8 Å². The number of rotatable bonds is 1. The molecular weight excluding hydrogens is 252 g/mol. The Morgan fingerprint density at radius 3 is 3.10 bits per heavy atom. The van der Waals surface area contributed by atoms with Crippen LogP contribution in [-0.4, -0.2) is 46.5 Å². The molecule has 5 heteroatoms. The van der Waals surface area contributed by atoms with Crippen molar-refractivity contribution < 1.29 is 0 Å². The molecule has 1 atom stereocenters. The van der Waals surface area contributed by atoms with Crippen LogP contribution in [0.4, 0.5) is 5.82 Å². The maximum atomic E-state index is 12.2. The number of pyridine rings is 1. The third kappa shape index (κ3) is 1.89. The van der Waals surface area contributed by atoms with E-state index in [0.29, 0.717) is 6.04 Å². The molecule has 2 aromatic heterocycles. The van der Waals surface area contributed by atoms with Gasteiger partial charge in [0.15, 0.2) is 0 Å². The second-order valence-corrected chi connectivity index (χ2v) is 5.66. The van der Waals surface area contributed by atoms with Gasteiger partial charge in [0.2, 0.25) is 0 Å².